The average molecular weight is 499 g/mol. The van der Waals surface area contributed by atoms with Gasteiger partial charge in [-0.15, -0.1) is 0 Å². The molecular formula is C24H20Cl2N4O4. The lowest BCUT2D eigenvalue weighted by Gasteiger charge is -2.09. The van der Waals surface area contributed by atoms with Gasteiger partial charge in [0.25, 0.3) is 5.91 Å². The molecular weight excluding hydrogens is 479 g/mol. The molecule has 0 radical (unpaired) electrons. The van der Waals surface area contributed by atoms with Crippen molar-refractivity contribution in [3.8, 4) is 5.75 Å². The molecule has 0 unspecified atom stereocenters. The number of carbonyl (C=O) groups excluding carboxylic acids is 3. The molecule has 0 aliphatic heterocycles. The number of hydrogen-bond donors (Lipinski definition) is 3. The highest BCUT2D eigenvalue weighted by molar-refractivity contribution is 6.39. The van der Waals surface area contributed by atoms with E-state index in [9.17, 15) is 14.4 Å². The van der Waals surface area contributed by atoms with Crippen LogP contribution in [0.25, 0.3) is 0 Å². The van der Waals surface area contributed by atoms with Crippen LogP contribution in [-0.2, 0) is 14.4 Å². The zero-order valence-electron chi connectivity index (χ0n) is 18.0. The Morgan fingerprint density at radius 3 is 2.35 bits per heavy atom. The van der Waals surface area contributed by atoms with Gasteiger partial charge in [0.1, 0.15) is 5.75 Å². The van der Waals surface area contributed by atoms with Crippen LogP contribution in [0.5, 0.6) is 5.75 Å². The van der Waals surface area contributed by atoms with Crippen molar-refractivity contribution in [1.29, 1.82) is 0 Å². The van der Waals surface area contributed by atoms with Gasteiger partial charge < -0.3 is 15.4 Å². The summed E-state index contributed by atoms with van der Waals surface area (Å²) in [7, 11) is 0. The maximum Gasteiger partial charge on any atom is 0.329 e. The number of anilines is 2. The van der Waals surface area contributed by atoms with E-state index in [1.165, 1.54) is 6.21 Å². The summed E-state index contributed by atoms with van der Waals surface area (Å²) >= 11 is 11.9. The van der Waals surface area contributed by atoms with Crippen LogP contribution in [0.4, 0.5) is 11.4 Å². The van der Waals surface area contributed by atoms with E-state index in [0.29, 0.717) is 32.7 Å². The Bertz CT molecular complexity index is 1230. The van der Waals surface area contributed by atoms with Crippen LogP contribution in [0.1, 0.15) is 11.1 Å². The van der Waals surface area contributed by atoms with Gasteiger partial charge in [0.15, 0.2) is 6.61 Å². The molecule has 3 aromatic rings. The molecule has 0 saturated carbocycles. The van der Waals surface area contributed by atoms with Gasteiger partial charge in [0, 0.05) is 10.7 Å². The van der Waals surface area contributed by atoms with Crippen molar-refractivity contribution in [2.75, 3.05) is 17.2 Å². The van der Waals surface area contributed by atoms with Crippen molar-refractivity contribution in [3.63, 3.8) is 0 Å². The maximum atomic E-state index is 12.0. The Morgan fingerprint density at radius 2 is 1.65 bits per heavy atom. The normalized spacial score (nSPS) is 10.6. The Labute approximate surface area is 205 Å². The third-order valence-electron chi connectivity index (χ3n) is 4.42. The van der Waals surface area contributed by atoms with Gasteiger partial charge in [-0.1, -0.05) is 35.3 Å². The number of rotatable bonds is 7. The number of benzene rings is 3. The number of halogens is 2. The van der Waals surface area contributed by atoms with E-state index in [1.54, 1.807) is 73.7 Å². The Kier molecular flexibility index (Phi) is 8.61. The fraction of sp³-hybridized carbons (Fsp3) is 0.0833. The van der Waals surface area contributed by atoms with Crippen molar-refractivity contribution in [2.24, 2.45) is 5.10 Å². The number of nitrogens with one attached hydrogen (secondary N) is 3. The first kappa shape index (κ1) is 24.8. The monoisotopic (exact) mass is 498 g/mol. The van der Waals surface area contributed by atoms with Gasteiger partial charge in [-0.2, -0.15) is 5.10 Å². The molecule has 10 heteroatoms. The van der Waals surface area contributed by atoms with E-state index < -0.39 is 11.8 Å². The predicted molar refractivity (Wildman–Crippen MR) is 133 cm³/mol. The molecule has 0 spiro atoms. The van der Waals surface area contributed by atoms with Gasteiger partial charge in [0.2, 0.25) is 0 Å². The zero-order valence-corrected chi connectivity index (χ0v) is 19.5. The number of aryl methyl sites for hydroxylation is 1. The fourth-order valence-corrected chi connectivity index (χ4v) is 3.12. The van der Waals surface area contributed by atoms with Crippen molar-refractivity contribution in [2.45, 2.75) is 6.92 Å². The van der Waals surface area contributed by atoms with Gasteiger partial charge in [-0.3, -0.25) is 14.4 Å². The number of hydrogen-bond acceptors (Lipinski definition) is 5. The highest BCUT2D eigenvalue weighted by atomic mass is 35.5. The van der Waals surface area contributed by atoms with Crippen LogP contribution in [0.15, 0.2) is 71.8 Å². The van der Waals surface area contributed by atoms with E-state index in [4.69, 9.17) is 27.9 Å². The molecule has 0 atom stereocenters. The summed E-state index contributed by atoms with van der Waals surface area (Å²) in [5.74, 6) is -1.67. The molecule has 3 N–H and O–H groups in total. The number of para-hydroxylation sites is 1. The highest BCUT2D eigenvalue weighted by Gasteiger charge is 2.14. The van der Waals surface area contributed by atoms with Crippen molar-refractivity contribution in [1.82, 2.24) is 5.43 Å². The third kappa shape index (κ3) is 7.33. The summed E-state index contributed by atoms with van der Waals surface area (Å²) in [6, 6.07) is 18.4. The minimum atomic E-state index is -0.921. The quantitative estimate of drug-likeness (QED) is 0.254. The van der Waals surface area contributed by atoms with Gasteiger partial charge in [-0.25, -0.2) is 5.43 Å². The first-order valence-electron chi connectivity index (χ1n) is 9.99. The van der Waals surface area contributed by atoms with Gasteiger partial charge >= 0.3 is 11.8 Å². The van der Waals surface area contributed by atoms with Crippen LogP contribution < -0.4 is 20.8 Å². The second kappa shape index (κ2) is 11.8. The van der Waals surface area contributed by atoms with E-state index in [2.05, 4.69) is 21.2 Å². The summed E-state index contributed by atoms with van der Waals surface area (Å²) < 4.78 is 5.45. The Morgan fingerprint density at radius 1 is 0.912 bits per heavy atom. The summed E-state index contributed by atoms with van der Waals surface area (Å²) in [6.07, 6.45) is 1.37. The average Bonchev–Trinajstić information content (AvgIpc) is 2.81. The summed E-state index contributed by atoms with van der Waals surface area (Å²) in [4.78, 5) is 36.0. The molecule has 0 heterocycles. The van der Waals surface area contributed by atoms with Gasteiger partial charge in [0.05, 0.1) is 16.9 Å². The number of carbonyl (C=O) groups is 3. The molecule has 0 aliphatic rings. The van der Waals surface area contributed by atoms with Crippen LogP contribution in [0, 0.1) is 6.92 Å². The molecule has 0 fully saturated rings. The number of amides is 3. The summed E-state index contributed by atoms with van der Waals surface area (Å²) in [5.41, 5.74) is 4.51. The third-order valence-corrected chi connectivity index (χ3v) is 4.99. The van der Waals surface area contributed by atoms with Crippen LogP contribution >= 0.6 is 23.2 Å². The van der Waals surface area contributed by atoms with Crippen LogP contribution in [0.3, 0.4) is 0 Å². The topological polar surface area (TPSA) is 109 Å². The summed E-state index contributed by atoms with van der Waals surface area (Å²) in [6.45, 7) is 1.56. The molecule has 8 nitrogen and oxygen atoms in total. The largest absolute Gasteiger partial charge is 0.484 e. The van der Waals surface area contributed by atoms with E-state index in [-0.39, 0.29) is 12.5 Å². The first-order valence-corrected chi connectivity index (χ1v) is 10.7. The number of hydrazone groups is 1. The van der Waals surface area contributed by atoms with Crippen molar-refractivity contribution in [3.05, 3.63) is 87.9 Å². The molecule has 3 rings (SSSR count). The molecule has 0 aliphatic carbocycles. The highest BCUT2D eigenvalue weighted by Crippen LogP contribution is 2.21. The van der Waals surface area contributed by atoms with Crippen molar-refractivity contribution < 1.29 is 19.1 Å². The lowest BCUT2D eigenvalue weighted by molar-refractivity contribution is -0.136. The van der Waals surface area contributed by atoms with E-state index in [0.717, 1.165) is 5.56 Å². The van der Waals surface area contributed by atoms with E-state index in [1.807, 2.05) is 0 Å². The first-order chi connectivity index (χ1) is 16.3. The molecule has 0 saturated heterocycles. The van der Waals surface area contributed by atoms with Crippen LogP contribution in [-0.4, -0.2) is 30.5 Å². The number of nitrogens with zero attached hydrogens (tertiary/aromatic N) is 1. The van der Waals surface area contributed by atoms with Crippen LogP contribution in [0.2, 0.25) is 10.0 Å². The van der Waals surface area contributed by atoms with Gasteiger partial charge in [-0.05, 0) is 72.6 Å². The standard InChI is InChI=1S/C24H20Cl2N4O4/c1-15-12-17(25)8-11-20(15)29-23(32)24(33)30-27-13-16-6-9-18(10-7-16)34-14-22(31)28-21-5-3-2-4-19(21)26/h2-13H,14H2,1H3,(H,28,31)(H,29,32)(H,30,33)/b27-13-. The Hall–Kier alpha value is -3.88. The van der Waals surface area contributed by atoms with E-state index >= 15 is 0 Å². The number of ether oxygens (including phenoxy) is 1. The lowest BCUT2D eigenvalue weighted by Crippen LogP contribution is -2.32. The predicted octanol–water partition coefficient (Wildman–Crippen LogP) is 4.41. The molecule has 0 aromatic heterocycles. The fourth-order valence-electron chi connectivity index (χ4n) is 2.71. The molecule has 0 bridgehead atoms. The molecule has 174 valence electrons. The summed E-state index contributed by atoms with van der Waals surface area (Å²) in [5, 5.41) is 9.90. The minimum absolute atomic E-state index is 0.197. The zero-order chi connectivity index (χ0) is 24.5. The second-order valence-corrected chi connectivity index (χ2v) is 7.84. The molecule has 34 heavy (non-hydrogen) atoms. The minimum Gasteiger partial charge on any atom is -0.484 e. The smallest absolute Gasteiger partial charge is 0.329 e. The molecule has 3 aromatic carbocycles. The maximum absolute atomic E-state index is 12.0. The molecule has 3 amide bonds. The Balaban J connectivity index is 1.45. The van der Waals surface area contributed by atoms with Crippen molar-refractivity contribution >= 4 is 58.5 Å². The SMILES string of the molecule is Cc1cc(Cl)ccc1NC(=O)C(=O)N/N=C\c1ccc(OCC(=O)Nc2ccccc2Cl)cc1. The second-order valence-electron chi connectivity index (χ2n) is 7.00. The lowest BCUT2D eigenvalue weighted by atomic mass is 10.2.